The van der Waals surface area contributed by atoms with Gasteiger partial charge in [0.25, 0.3) is 5.91 Å². The lowest BCUT2D eigenvalue weighted by molar-refractivity contribution is 0.0682. The minimum absolute atomic E-state index is 0.0163. The molecule has 16 heavy (non-hydrogen) atoms. The molecule has 1 aromatic heterocycles. The zero-order valence-corrected chi connectivity index (χ0v) is 9.59. The molecule has 2 heterocycles. The van der Waals surface area contributed by atoms with Crippen LogP contribution in [0.15, 0.2) is 18.6 Å². The first-order chi connectivity index (χ1) is 7.81. The summed E-state index contributed by atoms with van der Waals surface area (Å²) in [5.41, 5.74) is 0.456. The number of amides is 1. The highest BCUT2D eigenvalue weighted by atomic mass is 16.2. The van der Waals surface area contributed by atoms with Crippen LogP contribution < -0.4 is 0 Å². The second-order valence-corrected chi connectivity index (χ2v) is 4.23. The minimum atomic E-state index is 0.0163. The van der Waals surface area contributed by atoms with Gasteiger partial charge in [-0.15, -0.1) is 0 Å². The highest BCUT2D eigenvalue weighted by molar-refractivity contribution is 5.91. The Balaban J connectivity index is 1.97. The maximum atomic E-state index is 12.0. The van der Waals surface area contributed by atoms with Gasteiger partial charge in [-0.2, -0.15) is 0 Å². The normalized spacial score (nSPS) is 17.4. The highest BCUT2D eigenvalue weighted by Gasteiger charge is 2.23. The van der Waals surface area contributed by atoms with Crippen LogP contribution in [-0.4, -0.2) is 33.9 Å². The third kappa shape index (κ3) is 2.38. The topological polar surface area (TPSA) is 46.1 Å². The summed E-state index contributed by atoms with van der Waals surface area (Å²) in [5.74, 6) is 0.800. The molecule has 4 nitrogen and oxygen atoms in total. The van der Waals surface area contributed by atoms with Crippen LogP contribution in [0.2, 0.25) is 0 Å². The van der Waals surface area contributed by atoms with Crippen molar-refractivity contribution >= 4 is 5.91 Å². The van der Waals surface area contributed by atoms with E-state index >= 15 is 0 Å². The van der Waals surface area contributed by atoms with Crippen molar-refractivity contribution in [2.75, 3.05) is 13.1 Å². The highest BCUT2D eigenvalue weighted by Crippen LogP contribution is 2.20. The van der Waals surface area contributed by atoms with Crippen LogP contribution in [0.1, 0.15) is 36.7 Å². The summed E-state index contributed by atoms with van der Waals surface area (Å²) in [7, 11) is 0. The van der Waals surface area contributed by atoms with Crippen LogP contribution in [0.25, 0.3) is 0 Å². The van der Waals surface area contributed by atoms with E-state index in [9.17, 15) is 4.79 Å². The number of aromatic nitrogens is 2. The van der Waals surface area contributed by atoms with Gasteiger partial charge in [0.1, 0.15) is 5.69 Å². The molecule has 0 unspecified atom stereocenters. The van der Waals surface area contributed by atoms with Gasteiger partial charge in [-0.1, -0.05) is 13.3 Å². The number of hydrogen-bond donors (Lipinski definition) is 0. The first kappa shape index (κ1) is 11.0. The zero-order valence-electron chi connectivity index (χ0n) is 9.59. The van der Waals surface area contributed by atoms with Crippen molar-refractivity contribution in [3.05, 3.63) is 24.3 Å². The molecule has 0 bridgehead atoms. The molecule has 0 aromatic carbocycles. The Kier molecular flexibility index (Phi) is 3.49. The largest absolute Gasteiger partial charge is 0.337 e. The molecule has 1 saturated heterocycles. The minimum Gasteiger partial charge on any atom is -0.337 e. The van der Waals surface area contributed by atoms with Crippen LogP contribution in [0.4, 0.5) is 0 Å². The van der Waals surface area contributed by atoms with E-state index in [0.29, 0.717) is 5.69 Å². The summed E-state index contributed by atoms with van der Waals surface area (Å²) in [6.07, 6.45) is 8.12. The van der Waals surface area contributed by atoms with E-state index in [1.807, 2.05) is 4.90 Å². The molecule has 4 heteroatoms. The average molecular weight is 219 g/mol. The molecule has 86 valence electrons. The summed E-state index contributed by atoms with van der Waals surface area (Å²) in [6, 6.07) is 0. The van der Waals surface area contributed by atoms with Crippen molar-refractivity contribution in [3.63, 3.8) is 0 Å². The van der Waals surface area contributed by atoms with Crippen molar-refractivity contribution in [2.45, 2.75) is 26.2 Å². The molecule has 2 rings (SSSR count). The molecule has 0 aliphatic carbocycles. The summed E-state index contributed by atoms with van der Waals surface area (Å²) >= 11 is 0. The first-order valence-corrected chi connectivity index (χ1v) is 5.86. The Bertz CT molecular complexity index is 345. The van der Waals surface area contributed by atoms with Gasteiger partial charge < -0.3 is 4.90 Å². The molecule has 0 saturated carbocycles. The predicted octanol–water partition coefficient (Wildman–Crippen LogP) is 1.74. The molecule has 0 radical (unpaired) electrons. The lowest BCUT2D eigenvalue weighted by Gasteiger charge is -2.31. The quantitative estimate of drug-likeness (QED) is 0.761. The third-order valence-corrected chi connectivity index (χ3v) is 3.26. The van der Waals surface area contributed by atoms with E-state index in [0.717, 1.165) is 31.8 Å². The van der Waals surface area contributed by atoms with Gasteiger partial charge >= 0.3 is 0 Å². The van der Waals surface area contributed by atoms with Gasteiger partial charge in [-0.25, -0.2) is 4.98 Å². The first-order valence-electron chi connectivity index (χ1n) is 5.86. The van der Waals surface area contributed by atoms with Crippen molar-refractivity contribution in [3.8, 4) is 0 Å². The van der Waals surface area contributed by atoms with Crippen LogP contribution in [0.5, 0.6) is 0 Å². The van der Waals surface area contributed by atoms with Gasteiger partial charge in [0.2, 0.25) is 0 Å². The molecule has 1 aromatic rings. The van der Waals surface area contributed by atoms with Crippen molar-refractivity contribution in [1.29, 1.82) is 0 Å². The Morgan fingerprint density at radius 1 is 1.44 bits per heavy atom. The monoisotopic (exact) mass is 219 g/mol. The van der Waals surface area contributed by atoms with Gasteiger partial charge in [0.15, 0.2) is 0 Å². The molecular weight excluding hydrogens is 202 g/mol. The molecular formula is C12H17N3O. The lowest BCUT2D eigenvalue weighted by Crippen LogP contribution is -2.38. The number of rotatable bonds is 2. The molecule has 0 N–H and O–H groups in total. The summed E-state index contributed by atoms with van der Waals surface area (Å²) in [5, 5.41) is 0. The number of hydrogen-bond acceptors (Lipinski definition) is 3. The zero-order chi connectivity index (χ0) is 11.4. The van der Waals surface area contributed by atoms with Crippen molar-refractivity contribution in [2.24, 2.45) is 5.92 Å². The van der Waals surface area contributed by atoms with Crippen LogP contribution in [-0.2, 0) is 0 Å². The number of likely N-dealkylation sites (tertiary alicyclic amines) is 1. The van der Waals surface area contributed by atoms with E-state index in [2.05, 4.69) is 16.9 Å². The van der Waals surface area contributed by atoms with E-state index in [-0.39, 0.29) is 5.91 Å². The van der Waals surface area contributed by atoms with E-state index in [1.54, 1.807) is 12.4 Å². The van der Waals surface area contributed by atoms with Crippen molar-refractivity contribution < 1.29 is 4.79 Å². The maximum absolute atomic E-state index is 12.0. The second kappa shape index (κ2) is 5.05. The van der Waals surface area contributed by atoms with E-state index in [1.165, 1.54) is 12.6 Å². The summed E-state index contributed by atoms with van der Waals surface area (Å²) in [6.45, 7) is 3.92. The average Bonchev–Trinajstić information content (AvgIpc) is 2.39. The van der Waals surface area contributed by atoms with E-state index < -0.39 is 0 Å². The SMILES string of the molecule is CCC1CCN(C(=O)c2cnccn2)CC1. The fourth-order valence-electron chi connectivity index (χ4n) is 2.12. The maximum Gasteiger partial charge on any atom is 0.274 e. The Morgan fingerprint density at radius 2 is 2.19 bits per heavy atom. The van der Waals surface area contributed by atoms with Crippen LogP contribution in [0, 0.1) is 5.92 Å². The molecule has 1 fully saturated rings. The van der Waals surface area contributed by atoms with Crippen LogP contribution >= 0.6 is 0 Å². The number of nitrogens with zero attached hydrogens (tertiary/aromatic N) is 3. The van der Waals surface area contributed by atoms with Gasteiger partial charge in [0.05, 0.1) is 6.20 Å². The van der Waals surface area contributed by atoms with E-state index in [4.69, 9.17) is 0 Å². The number of piperidine rings is 1. The Morgan fingerprint density at radius 3 is 2.75 bits per heavy atom. The smallest absolute Gasteiger partial charge is 0.274 e. The summed E-state index contributed by atoms with van der Waals surface area (Å²) < 4.78 is 0. The summed E-state index contributed by atoms with van der Waals surface area (Å²) in [4.78, 5) is 21.9. The second-order valence-electron chi connectivity index (χ2n) is 4.23. The molecule has 1 amide bonds. The van der Waals surface area contributed by atoms with Gasteiger partial charge in [0, 0.05) is 25.5 Å². The molecule has 1 aliphatic heterocycles. The number of carbonyl (C=O) groups is 1. The Hall–Kier alpha value is -1.45. The molecule has 1 aliphatic rings. The van der Waals surface area contributed by atoms with Gasteiger partial charge in [-0.05, 0) is 18.8 Å². The fourth-order valence-corrected chi connectivity index (χ4v) is 2.12. The lowest BCUT2D eigenvalue weighted by atomic mass is 9.94. The third-order valence-electron chi connectivity index (χ3n) is 3.26. The predicted molar refractivity (Wildman–Crippen MR) is 61.0 cm³/mol. The van der Waals surface area contributed by atoms with Crippen LogP contribution in [0.3, 0.4) is 0 Å². The Labute approximate surface area is 95.7 Å². The molecule has 0 spiro atoms. The standard InChI is InChI=1S/C12H17N3O/c1-2-10-3-7-15(8-4-10)12(16)11-9-13-5-6-14-11/h5-6,9-10H,2-4,7-8H2,1H3. The number of carbonyl (C=O) groups excluding carboxylic acids is 1. The van der Waals surface area contributed by atoms with Crippen molar-refractivity contribution in [1.82, 2.24) is 14.9 Å². The molecule has 0 atom stereocenters. The van der Waals surface area contributed by atoms with Gasteiger partial charge in [-0.3, -0.25) is 9.78 Å². The fraction of sp³-hybridized carbons (Fsp3) is 0.583.